The van der Waals surface area contributed by atoms with Gasteiger partial charge < -0.3 is 4.48 Å². The SMILES string of the molecule is CC.CC[N+](C)(CC)CCCC(C)NS(=O)C(C)(C)CC(C)(C)C. The highest BCUT2D eigenvalue weighted by Crippen LogP contribution is 2.30. The van der Waals surface area contributed by atoms with Crippen LogP contribution in [0, 0.1) is 5.41 Å². The van der Waals surface area contributed by atoms with Gasteiger partial charge in [0.2, 0.25) is 0 Å². The third-order valence-corrected chi connectivity index (χ3v) is 6.39. The van der Waals surface area contributed by atoms with Crippen molar-refractivity contribution < 1.29 is 8.69 Å². The van der Waals surface area contributed by atoms with Gasteiger partial charge in [-0.1, -0.05) is 34.6 Å². The molecular formula is C20H47N2OS+. The molecule has 0 bridgehead atoms. The summed E-state index contributed by atoms with van der Waals surface area (Å²) in [6, 6.07) is 0.308. The molecule has 0 fully saturated rings. The topological polar surface area (TPSA) is 29.1 Å². The second-order valence-electron chi connectivity index (χ2n) is 8.90. The molecule has 24 heavy (non-hydrogen) atoms. The molecule has 4 heteroatoms. The van der Waals surface area contributed by atoms with Gasteiger partial charge in [-0.05, 0) is 59.3 Å². The summed E-state index contributed by atoms with van der Waals surface area (Å²) in [7, 11) is 1.33. The van der Waals surface area contributed by atoms with Gasteiger partial charge in [0.1, 0.15) is 0 Å². The molecule has 0 aliphatic carbocycles. The molecule has 0 radical (unpaired) electrons. The van der Waals surface area contributed by atoms with Crippen LogP contribution >= 0.6 is 0 Å². The highest BCUT2D eigenvalue weighted by molar-refractivity contribution is 7.84. The average molecular weight is 364 g/mol. The lowest BCUT2D eigenvalue weighted by molar-refractivity contribution is -0.906. The lowest BCUT2D eigenvalue weighted by Crippen LogP contribution is -2.45. The molecule has 0 aromatic carbocycles. The summed E-state index contributed by atoms with van der Waals surface area (Å²) in [4.78, 5) is 0. The van der Waals surface area contributed by atoms with Crippen LogP contribution in [0.25, 0.3) is 0 Å². The van der Waals surface area contributed by atoms with Crippen LogP contribution in [0.2, 0.25) is 0 Å². The fraction of sp³-hybridized carbons (Fsp3) is 1.00. The number of nitrogens with one attached hydrogen (secondary N) is 1. The molecule has 0 rings (SSSR count). The Morgan fingerprint density at radius 2 is 1.50 bits per heavy atom. The summed E-state index contributed by atoms with van der Waals surface area (Å²) in [5.41, 5.74) is 0.200. The highest BCUT2D eigenvalue weighted by atomic mass is 32.2. The van der Waals surface area contributed by atoms with Gasteiger partial charge >= 0.3 is 0 Å². The van der Waals surface area contributed by atoms with Crippen molar-refractivity contribution in [3.8, 4) is 0 Å². The number of rotatable bonds is 10. The monoisotopic (exact) mass is 363 g/mol. The van der Waals surface area contributed by atoms with E-state index in [-0.39, 0.29) is 10.2 Å². The fourth-order valence-electron chi connectivity index (χ4n) is 3.06. The summed E-state index contributed by atoms with van der Waals surface area (Å²) < 4.78 is 16.9. The van der Waals surface area contributed by atoms with E-state index in [2.05, 4.69) is 67.2 Å². The maximum Gasteiger partial charge on any atom is 0.0975 e. The molecule has 2 atom stereocenters. The van der Waals surface area contributed by atoms with Gasteiger partial charge in [0.25, 0.3) is 0 Å². The molecule has 3 nitrogen and oxygen atoms in total. The molecule has 0 aliphatic heterocycles. The Hall–Kier alpha value is 0.0700. The van der Waals surface area contributed by atoms with E-state index in [9.17, 15) is 4.21 Å². The lowest BCUT2D eigenvalue weighted by Gasteiger charge is -2.33. The van der Waals surface area contributed by atoms with E-state index in [0.717, 1.165) is 17.3 Å². The highest BCUT2D eigenvalue weighted by Gasteiger charge is 2.32. The molecule has 0 aromatic rings. The lowest BCUT2D eigenvalue weighted by atomic mass is 9.86. The van der Waals surface area contributed by atoms with Gasteiger partial charge in [0.05, 0.1) is 42.4 Å². The minimum Gasteiger partial charge on any atom is -0.327 e. The van der Waals surface area contributed by atoms with Crippen LogP contribution in [0.1, 0.15) is 88.5 Å². The second kappa shape index (κ2) is 11.6. The molecule has 148 valence electrons. The van der Waals surface area contributed by atoms with Gasteiger partial charge in [-0.25, -0.2) is 8.93 Å². The van der Waals surface area contributed by atoms with Crippen LogP contribution in [-0.2, 0) is 11.0 Å². The first-order valence-corrected chi connectivity index (χ1v) is 11.0. The Bertz CT molecular complexity index is 344. The van der Waals surface area contributed by atoms with E-state index in [1.165, 1.54) is 26.1 Å². The van der Waals surface area contributed by atoms with Crippen molar-refractivity contribution in [2.24, 2.45) is 5.41 Å². The maximum absolute atomic E-state index is 12.6. The number of nitrogens with zero attached hydrogens (tertiary/aromatic N) is 1. The van der Waals surface area contributed by atoms with E-state index >= 15 is 0 Å². The van der Waals surface area contributed by atoms with Crippen molar-refractivity contribution in [1.82, 2.24) is 4.72 Å². The summed E-state index contributed by atoms with van der Waals surface area (Å²) in [6.07, 6.45) is 3.22. The fourth-order valence-corrected chi connectivity index (χ4v) is 4.43. The zero-order chi connectivity index (χ0) is 19.6. The van der Waals surface area contributed by atoms with Gasteiger partial charge in [0.15, 0.2) is 0 Å². The summed E-state index contributed by atoms with van der Waals surface area (Å²) in [5, 5.41) is 0. The Morgan fingerprint density at radius 3 is 1.88 bits per heavy atom. The standard InChI is InChI=1S/C18H41N2OS.C2H6/c1-10-20(9,11-2)14-12-13-16(3)19-22(21)18(7,8)15-17(4,5)6;1-2/h16,19H,10-15H2,1-9H3;1-2H3/q+1;. The van der Waals surface area contributed by atoms with E-state index in [1.54, 1.807) is 0 Å². The molecule has 0 aliphatic rings. The summed E-state index contributed by atoms with van der Waals surface area (Å²) in [5.74, 6) is 0. The predicted octanol–water partition coefficient (Wildman–Crippen LogP) is 5.14. The predicted molar refractivity (Wildman–Crippen MR) is 112 cm³/mol. The minimum absolute atomic E-state index is 0.191. The normalized spacial score (nSPS) is 15.5. The third kappa shape index (κ3) is 11.6. The Balaban J connectivity index is 0. The van der Waals surface area contributed by atoms with Crippen molar-refractivity contribution in [2.45, 2.75) is 99.3 Å². The molecule has 0 aromatic heterocycles. The Labute approximate surface area is 156 Å². The first kappa shape index (κ1) is 26.3. The molecular weight excluding hydrogens is 316 g/mol. The van der Waals surface area contributed by atoms with Gasteiger partial charge in [-0.3, -0.25) is 0 Å². The average Bonchev–Trinajstić information content (AvgIpc) is 2.46. The molecule has 0 saturated carbocycles. The first-order chi connectivity index (χ1) is 10.9. The third-order valence-electron chi connectivity index (χ3n) is 4.63. The van der Waals surface area contributed by atoms with Crippen LogP contribution in [0.15, 0.2) is 0 Å². The quantitative estimate of drug-likeness (QED) is 0.535. The van der Waals surface area contributed by atoms with E-state index < -0.39 is 11.0 Å². The molecule has 1 N–H and O–H groups in total. The zero-order valence-electron chi connectivity index (χ0n) is 18.6. The van der Waals surface area contributed by atoms with Crippen molar-refractivity contribution in [3.63, 3.8) is 0 Å². The van der Waals surface area contributed by atoms with Crippen molar-refractivity contribution in [2.75, 3.05) is 26.7 Å². The number of hydrogen-bond acceptors (Lipinski definition) is 1. The molecule has 2 unspecified atom stereocenters. The van der Waals surface area contributed by atoms with Crippen LogP contribution in [-0.4, -0.2) is 46.2 Å². The Kier molecular flexibility index (Phi) is 12.8. The van der Waals surface area contributed by atoms with Gasteiger partial charge in [-0.2, -0.15) is 0 Å². The number of hydrogen-bond donors (Lipinski definition) is 1. The van der Waals surface area contributed by atoms with Gasteiger partial charge in [-0.15, -0.1) is 0 Å². The largest absolute Gasteiger partial charge is 0.327 e. The first-order valence-electron chi connectivity index (χ1n) is 9.87. The van der Waals surface area contributed by atoms with Gasteiger partial charge in [0, 0.05) is 6.04 Å². The second-order valence-corrected chi connectivity index (χ2v) is 10.8. The van der Waals surface area contributed by atoms with Crippen LogP contribution in [0.3, 0.4) is 0 Å². The van der Waals surface area contributed by atoms with E-state index in [0.29, 0.717) is 6.04 Å². The minimum atomic E-state index is -0.990. The zero-order valence-corrected chi connectivity index (χ0v) is 19.4. The molecule has 0 amide bonds. The van der Waals surface area contributed by atoms with Crippen LogP contribution in [0.4, 0.5) is 0 Å². The summed E-state index contributed by atoms with van der Waals surface area (Å²) in [6.45, 7) is 25.1. The van der Waals surface area contributed by atoms with Crippen LogP contribution in [0.5, 0.6) is 0 Å². The molecule has 0 spiro atoms. The molecule has 0 heterocycles. The van der Waals surface area contributed by atoms with E-state index in [1.807, 2.05) is 13.8 Å². The smallest absolute Gasteiger partial charge is 0.0975 e. The van der Waals surface area contributed by atoms with E-state index in [4.69, 9.17) is 0 Å². The maximum atomic E-state index is 12.6. The molecule has 0 saturated heterocycles. The van der Waals surface area contributed by atoms with Crippen LogP contribution < -0.4 is 4.72 Å². The Morgan fingerprint density at radius 1 is 1.04 bits per heavy atom. The van der Waals surface area contributed by atoms with Crippen molar-refractivity contribution in [1.29, 1.82) is 0 Å². The van der Waals surface area contributed by atoms with Crippen molar-refractivity contribution >= 4 is 11.0 Å². The van der Waals surface area contributed by atoms with Crippen molar-refractivity contribution in [3.05, 3.63) is 0 Å². The number of quaternary nitrogens is 1. The summed E-state index contributed by atoms with van der Waals surface area (Å²) >= 11 is 0.